The molecule has 8 nitrogen and oxygen atoms in total. The number of alkyl halides is 3. The molecule has 0 atom stereocenters. The Kier molecular flexibility index (Phi) is 6.36. The highest BCUT2D eigenvalue weighted by Gasteiger charge is 2.39. The van der Waals surface area contributed by atoms with Gasteiger partial charge in [-0.25, -0.2) is 4.68 Å². The largest absolute Gasteiger partial charge is 0.451 e. The van der Waals surface area contributed by atoms with E-state index in [1.165, 1.54) is 29.2 Å². The predicted octanol–water partition coefficient (Wildman–Crippen LogP) is 3.42. The summed E-state index contributed by atoms with van der Waals surface area (Å²) in [5, 5.41) is 18.6. The molecule has 2 heterocycles. The average Bonchev–Trinajstić information content (AvgIpc) is 3.35. The molecule has 3 rings (SSSR count). The van der Waals surface area contributed by atoms with Crippen molar-refractivity contribution in [2.45, 2.75) is 26.2 Å². The second kappa shape index (κ2) is 8.97. The minimum Gasteiger partial charge on any atom is -0.326 e. The number of carbonyl (C=O) groups is 2. The van der Waals surface area contributed by atoms with E-state index in [9.17, 15) is 22.8 Å². The van der Waals surface area contributed by atoms with Gasteiger partial charge in [0, 0.05) is 18.3 Å². The number of nitrogens with one attached hydrogen (secondary N) is 1. The van der Waals surface area contributed by atoms with Gasteiger partial charge < -0.3 is 10.2 Å². The van der Waals surface area contributed by atoms with Crippen molar-refractivity contribution in [2.24, 2.45) is 0 Å². The van der Waals surface area contributed by atoms with Crippen molar-refractivity contribution in [1.29, 1.82) is 5.26 Å². The third kappa shape index (κ3) is 5.46. The van der Waals surface area contributed by atoms with Crippen LogP contribution in [0.25, 0.3) is 0 Å². The van der Waals surface area contributed by atoms with E-state index in [0.29, 0.717) is 16.1 Å². The first-order valence-corrected chi connectivity index (χ1v) is 9.73. The van der Waals surface area contributed by atoms with Crippen LogP contribution in [0.2, 0.25) is 0 Å². The van der Waals surface area contributed by atoms with E-state index in [4.69, 9.17) is 5.26 Å². The lowest BCUT2D eigenvalue weighted by Crippen LogP contribution is -2.34. The molecule has 12 heteroatoms. The number of rotatable bonds is 6. The zero-order valence-corrected chi connectivity index (χ0v) is 16.9. The second-order valence-electron chi connectivity index (χ2n) is 6.37. The van der Waals surface area contributed by atoms with Crippen LogP contribution in [0.4, 0.5) is 24.5 Å². The number of benzene rings is 1. The van der Waals surface area contributed by atoms with Crippen molar-refractivity contribution in [3.8, 4) is 6.07 Å². The SMILES string of the molecule is CC(=O)Nc1ccc(N(Cc2ccsc2)C(=O)Cn2nc(C#N)nc2C(F)(F)F)cc1. The van der Waals surface area contributed by atoms with Crippen LogP contribution < -0.4 is 10.2 Å². The third-order valence-corrected chi connectivity index (χ3v) is 4.76. The van der Waals surface area contributed by atoms with Gasteiger partial charge in [0.05, 0.1) is 6.54 Å². The molecular formula is C19H15F3N6O2S. The number of hydrogen-bond acceptors (Lipinski definition) is 6. The fraction of sp³-hybridized carbons (Fsp3) is 0.211. The minimum absolute atomic E-state index is 0.114. The van der Waals surface area contributed by atoms with Gasteiger partial charge in [-0.3, -0.25) is 9.59 Å². The summed E-state index contributed by atoms with van der Waals surface area (Å²) in [4.78, 5) is 28.6. The Hall–Kier alpha value is -3.72. The van der Waals surface area contributed by atoms with E-state index in [1.807, 2.05) is 10.8 Å². The summed E-state index contributed by atoms with van der Waals surface area (Å²) in [5.41, 5.74) is 1.71. The maximum atomic E-state index is 13.2. The zero-order chi connectivity index (χ0) is 22.6. The molecule has 0 saturated heterocycles. The molecule has 0 bridgehead atoms. The Labute approximate surface area is 178 Å². The highest BCUT2D eigenvalue weighted by molar-refractivity contribution is 7.07. The Morgan fingerprint density at radius 3 is 2.52 bits per heavy atom. The minimum atomic E-state index is -4.87. The summed E-state index contributed by atoms with van der Waals surface area (Å²) in [6.07, 6.45) is -4.87. The van der Waals surface area contributed by atoms with Gasteiger partial charge in [0.25, 0.3) is 5.82 Å². The van der Waals surface area contributed by atoms with Crippen LogP contribution in [0.15, 0.2) is 41.1 Å². The normalized spacial score (nSPS) is 11.1. The average molecular weight is 448 g/mol. The Balaban J connectivity index is 1.91. The molecule has 2 amide bonds. The van der Waals surface area contributed by atoms with Gasteiger partial charge >= 0.3 is 6.18 Å². The lowest BCUT2D eigenvalue weighted by atomic mass is 10.2. The second-order valence-corrected chi connectivity index (χ2v) is 7.15. The quantitative estimate of drug-likeness (QED) is 0.622. The summed E-state index contributed by atoms with van der Waals surface area (Å²) in [7, 11) is 0. The van der Waals surface area contributed by atoms with Crippen molar-refractivity contribution in [1.82, 2.24) is 14.8 Å². The number of thiophene rings is 1. The van der Waals surface area contributed by atoms with Crippen molar-refractivity contribution < 1.29 is 22.8 Å². The Morgan fingerprint density at radius 1 is 1.26 bits per heavy atom. The summed E-state index contributed by atoms with van der Waals surface area (Å²) < 4.78 is 40.1. The number of nitrogens with zero attached hydrogens (tertiary/aromatic N) is 5. The van der Waals surface area contributed by atoms with Gasteiger partial charge in [-0.05, 0) is 46.7 Å². The van der Waals surface area contributed by atoms with Crippen LogP contribution in [0.1, 0.15) is 24.1 Å². The molecule has 31 heavy (non-hydrogen) atoms. The van der Waals surface area contributed by atoms with Crippen molar-refractivity contribution in [3.05, 3.63) is 58.3 Å². The van der Waals surface area contributed by atoms with Crippen LogP contribution in [-0.2, 0) is 28.9 Å². The number of nitriles is 1. The smallest absolute Gasteiger partial charge is 0.326 e. The lowest BCUT2D eigenvalue weighted by molar-refractivity contribution is -0.148. The molecule has 0 unspecified atom stereocenters. The first kappa shape index (κ1) is 22.0. The topological polar surface area (TPSA) is 104 Å². The number of hydrogen-bond donors (Lipinski definition) is 1. The molecule has 3 aromatic rings. The summed E-state index contributed by atoms with van der Waals surface area (Å²) in [6, 6.07) is 9.54. The van der Waals surface area contributed by atoms with Crippen molar-refractivity contribution >= 4 is 34.5 Å². The summed E-state index contributed by atoms with van der Waals surface area (Å²) in [6.45, 7) is 0.705. The van der Waals surface area contributed by atoms with E-state index < -0.39 is 30.3 Å². The summed E-state index contributed by atoms with van der Waals surface area (Å²) in [5.74, 6) is -3.05. The van der Waals surface area contributed by atoms with E-state index in [0.717, 1.165) is 5.56 Å². The summed E-state index contributed by atoms with van der Waals surface area (Å²) >= 11 is 1.42. The van der Waals surface area contributed by atoms with Gasteiger partial charge in [0.2, 0.25) is 17.6 Å². The fourth-order valence-corrected chi connectivity index (χ4v) is 3.40. The molecule has 160 valence electrons. The maximum absolute atomic E-state index is 13.2. The van der Waals surface area contributed by atoms with Crippen LogP contribution in [0.5, 0.6) is 0 Å². The molecular weight excluding hydrogens is 433 g/mol. The van der Waals surface area contributed by atoms with Gasteiger partial charge in [-0.2, -0.15) is 34.8 Å². The van der Waals surface area contributed by atoms with Gasteiger partial charge in [-0.15, -0.1) is 5.10 Å². The lowest BCUT2D eigenvalue weighted by Gasteiger charge is -2.23. The molecule has 1 aromatic carbocycles. The number of aromatic nitrogens is 3. The monoisotopic (exact) mass is 448 g/mol. The number of carbonyl (C=O) groups excluding carboxylic acids is 2. The van der Waals surface area contributed by atoms with E-state index in [1.54, 1.807) is 30.3 Å². The first-order valence-electron chi connectivity index (χ1n) is 8.78. The number of halogens is 3. The fourth-order valence-electron chi connectivity index (χ4n) is 2.74. The molecule has 0 aliphatic rings. The molecule has 2 aromatic heterocycles. The highest BCUT2D eigenvalue weighted by Crippen LogP contribution is 2.28. The molecule has 0 radical (unpaired) electrons. The third-order valence-electron chi connectivity index (χ3n) is 4.03. The van der Waals surface area contributed by atoms with Crippen LogP contribution in [0, 0.1) is 11.3 Å². The number of anilines is 2. The first-order chi connectivity index (χ1) is 14.7. The molecule has 0 spiro atoms. The van der Waals surface area contributed by atoms with E-state index in [2.05, 4.69) is 15.4 Å². The number of amides is 2. The van der Waals surface area contributed by atoms with E-state index >= 15 is 0 Å². The van der Waals surface area contributed by atoms with Gasteiger partial charge in [0.15, 0.2) is 0 Å². The molecule has 0 fully saturated rings. The maximum Gasteiger partial charge on any atom is 0.451 e. The van der Waals surface area contributed by atoms with Crippen LogP contribution in [-0.4, -0.2) is 26.6 Å². The Bertz CT molecular complexity index is 1120. The predicted molar refractivity (Wildman–Crippen MR) is 106 cm³/mol. The van der Waals surface area contributed by atoms with E-state index in [-0.39, 0.29) is 12.5 Å². The standard InChI is InChI=1S/C19H15F3N6O2S/c1-12(29)24-14-2-4-15(5-3-14)27(9-13-6-7-31-11-13)17(30)10-28-18(19(20,21)22)25-16(8-23)26-28/h2-7,11H,9-10H2,1H3,(H,24,29). The molecule has 1 N–H and O–H groups in total. The van der Waals surface area contributed by atoms with Crippen LogP contribution in [0.3, 0.4) is 0 Å². The van der Waals surface area contributed by atoms with Gasteiger partial charge in [-0.1, -0.05) is 0 Å². The molecule has 0 aliphatic heterocycles. The highest BCUT2D eigenvalue weighted by atomic mass is 32.1. The van der Waals surface area contributed by atoms with Crippen molar-refractivity contribution in [2.75, 3.05) is 10.2 Å². The van der Waals surface area contributed by atoms with Crippen molar-refractivity contribution in [3.63, 3.8) is 0 Å². The van der Waals surface area contributed by atoms with Crippen LogP contribution >= 0.6 is 11.3 Å². The van der Waals surface area contributed by atoms with Gasteiger partial charge in [0.1, 0.15) is 12.6 Å². The molecule has 0 aliphatic carbocycles. The Morgan fingerprint density at radius 2 is 1.97 bits per heavy atom. The molecule has 0 saturated carbocycles. The zero-order valence-electron chi connectivity index (χ0n) is 16.1.